The Morgan fingerprint density at radius 3 is 2.70 bits per heavy atom. The molecule has 2 atom stereocenters. The number of hydrogen-bond donors (Lipinski definition) is 1. The van der Waals surface area contributed by atoms with Gasteiger partial charge in [0, 0.05) is 22.7 Å². The third kappa shape index (κ3) is 2.86. The molecule has 5 nitrogen and oxygen atoms in total. The van der Waals surface area contributed by atoms with Gasteiger partial charge < -0.3 is 10.5 Å². The van der Waals surface area contributed by atoms with E-state index in [0.29, 0.717) is 28.9 Å². The summed E-state index contributed by atoms with van der Waals surface area (Å²) in [5, 5.41) is 0. The fraction of sp³-hybridized carbons (Fsp3) is 0.538. The summed E-state index contributed by atoms with van der Waals surface area (Å²) in [5.41, 5.74) is 6.92. The predicted octanol–water partition coefficient (Wildman–Crippen LogP) is 2.14. The zero-order valence-electron chi connectivity index (χ0n) is 11.8. The fourth-order valence-corrected chi connectivity index (χ4v) is 4.88. The van der Waals surface area contributed by atoms with Gasteiger partial charge in [-0.15, -0.1) is 0 Å². The van der Waals surface area contributed by atoms with E-state index >= 15 is 0 Å². The van der Waals surface area contributed by atoms with Crippen molar-refractivity contribution in [3.63, 3.8) is 0 Å². The molecule has 1 fully saturated rings. The SMILES string of the molecule is Cc1c(N)cc(Br)cc1S(=O)(=O)N1CC(C)OCC1C. The summed E-state index contributed by atoms with van der Waals surface area (Å²) in [4.78, 5) is 0.255. The summed E-state index contributed by atoms with van der Waals surface area (Å²) in [6.07, 6.45) is -0.106. The first-order valence-corrected chi connectivity index (χ1v) is 8.66. The van der Waals surface area contributed by atoms with Crippen molar-refractivity contribution < 1.29 is 13.2 Å². The molecule has 1 heterocycles. The molecular weight excluding hydrogens is 344 g/mol. The molecule has 20 heavy (non-hydrogen) atoms. The van der Waals surface area contributed by atoms with Crippen LogP contribution in [0.5, 0.6) is 0 Å². The highest BCUT2D eigenvalue weighted by Crippen LogP contribution is 2.30. The van der Waals surface area contributed by atoms with Gasteiger partial charge in [-0.05, 0) is 38.5 Å². The van der Waals surface area contributed by atoms with Crippen LogP contribution in [-0.2, 0) is 14.8 Å². The molecule has 2 unspecified atom stereocenters. The van der Waals surface area contributed by atoms with Gasteiger partial charge in [0.25, 0.3) is 0 Å². The van der Waals surface area contributed by atoms with Crippen LogP contribution in [0.25, 0.3) is 0 Å². The van der Waals surface area contributed by atoms with Gasteiger partial charge in [-0.2, -0.15) is 4.31 Å². The minimum absolute atomic E-state index is 0.106. The molecule has 0 aromatic heterocycles. The molecule has 1 aromatic rings. The quantitative estimate of drug-likeness (QED) is 0.818. The number of halogens is 1. The fourth-order valence-electron chi connectivity index (χ4n) is 2.28. The van der Waals surface area contributed by atoms with E-state index in [1.165, 1.54) is 4.31 Å². The van der Waals surface area contributed by atoms with Crippen LogP contribution < -0.4 is 5.73 Å². The van der Waals surface area contributed by atoms with Crippen LogP contribution in [0.1, 0.15) is 19.4 Å². The zero-order valence-corrected chi connectivity index (χ0v) is 14.2. The third-order valence-corrected chi connectivity index (χ3v) is 6.07. The second-order valence-corrected chi connectivity index (χ2v) is 7.96. The van der Waals surface area contributed by atoms with Crippen LogP contribution in [0.15, 0.2) is 21.5 Å². The lowest BCUT2D eigenvalue weighted by molar-refractivity contribution is -0.0170. The Morgan fingerprint density at radius 1 is 1.40 bits per heavy atom. The molecule has 1 aromatic carbocycles. The van der Waals surface area contributed by atoms with E-state index in [4.69, 9.17) is 10.5 Å². The topological polar surface area (TPSA) is 72.6 Å². The largest absolute Gasteiger partial charge is 0.398 e. The minimum Gasteiger partial charge on any atom is -0.398 e. The Hall–Kier alpha value is -0.630. The van der Waals surface area contributed by atoms with Crippen molar-refractivity contribution >= 4 is 31.6 Å². The maximum absolute atomic E-state index is 12.9. The van der Waals surface area contributed by atoms with Crippen molar-refractivity contribution in [2.24, 2.45) is 0 Å². The van der Waals surface area contributed by atoms with Gasteiger partial charge in [-0.1, -0.05) is 15.9 Å². The van der Waals surface area contributed by atoms with Gasteiger partial charge >= 0.3 is 0 Å². The lowest BCUT2D eigenvalue weighted by Crippen LogP contribution is -2.50. The normalized spacial score (nSPS) is 24.8. The van der Waals surface area contributed by atoms with E-state index in [1.807, 2.05) is 13.8 Å². The van der Waals surface area contributed by atoms with E-state index in [2.05, 4.69) is 15.9 Å². The van der Waals surface area contributed by atoms with E-state index in [9.17, 15) is 8.42 Å². The number of nitrogen functional groups attached to an aromatic ring is 1. The standard InChI is InChI=1S/C13H19BrN2O3S/c1-8-7-19-9(2)6-16(8)20(17,18)13-5-11(14)4-12(15)10(13)3/h4-5,8-9H,6-7,15H2,1-3H3. The molecule has 1 aliphatic rings. The third-order valence-electron chi connectivity index (χ3n) is 3.50. The number of anilines is 1. The number of hydrogen-bond acceptors (Lipinski definition) is 4. The van der Waals surface area contributed by atoms with E-state index in [0.717, 1.165) is 0 Å². The molecule has 0 bridgehead atoms. The van der Waals surface area contributed by atoms with Gasteiger partial charge in [0.1, 0.15) is 0 Å². The number of sulfonamides is 1. The smallest absolute Gasteiger partial charge is 0.243 e. The number of nitrogens with zero attached hydrogens (tertiary/aromatic N) is 1. The highest BCUT2D eigenvalue weighted by molar-refractivity contribution is 9.10. The van der Waals surface area contributed by atoms with E-state index in [-0.39, 0.29) is 17.0 Å². The van der Waals surface area contributed by atoms with Crippen LogP contribution in [0.2, 0.25) is 0 Å². The van der Waals surface area contributed by atoms with Crippen molar-refractivity contribution in [1.29, 1.82) is 0 Å². The van der Waals surface area contributed by atoms with E-state index in [1.54, 1.807) is 19.1 Å². The Bertz CT molecular complexity index is 618. The Kier molecular flexibility index (Phi) is 4.44. The monoisotopic (exact) mass is 362 g/mol. The summed E-state index contributed by atoms with van der Waals surface area (Å²) in [5.74, 6) is 0. The zero-order chi connectivity index (χ0) is 15.1. The van der Waals surface area contributed by atoms with Gasteiger partial charge in [0.05, 0.1) is 17.6 Å². The summed E-state index contributed by atoms with van der Waals surface area (Å²) in [6.45, 7) is 6.21. The Balaban J connectivity index is 2.50. The van der Waals surface area contributed by atoms with Crippen molar-refractivity contribution in [2.75, 3.05) is 18.9 Å². The molecular formula is C13H19BrN2O3S. The van der Waals surface area contributed by atoms with Crippen molar-refractivity contribution in [1.82, 2.24) is 4.31 Å². The molecule has 2 N–H and O–H groups in total. The van der Waals surface area contributed by atoms with Crippen molar-refractivity contribution in [3.8, 4) is 0 Å². The molecule has 0 aliphatic carbocycles. The second kappa shape index (κ2) is 5.63. The first-order chi connectivity index (χ1) is 9.23. The summed E-state index contributed by atoms with van der Waals surface area (Å²) in [7, 11) is -3.58. The maximum atomic E-state index is 12.9. The van der Waals surface area contributed by atoms with Crippen LogP contribution in [-0.4, -0.2) is 38.0 Å². The molecule has 0 amide bonds. The van der Waals surface area contributed by atoms with Crippen LogP contribution >= 0.6 is 15.9 Å². The molecule has 1 aliphatic heterocycles. The molecule has 0 saturated carbocycles. The first-order valence-electron chi connectivity index (χ1n) is 6.42. The number of benzene rings is 1. The van der Waals surface area contributed by atoms with Crippen molar-refractivity contribution in [3.05, 3.63) is 22.2 Å². The van der Waals surface area contributed by atoms with Crippen LogP contribution in [0.4, 0.5) is 5.69 Å². The van der Waals surface area contributed by atoms with Gasteiger partial charge in [0.2, 0.25) is 10.0 Å². The molecule has 7 heteroatoms. The van der Waals surface area contributed by atoms with Gasteiger partial charge in [-0.3, -0.25) is 0 Å². The lowest BCUT2D eigenvalue weighted by atomic mass is 10.2. The molecule has 2 rings (SSSR count). The first kappa shape index (κ1) is 15.8. The highest BCUT2D eigenvalue weighted by atomic mass is 79.9. The Morgan fingerprint density at radius 2 is 2.05 bits per heavy atom. The highest BCUT2D eigenvalue weighted by Gasteiger charge is 2.35. The van der Waals surface area contributed by atoms with Gasteiger partial charge in [0.15, 0.2) is 0 Å². The second-order valence-electron chi connectivity index (χ2n) is 5.19. The molecule has 1 saturated heterocycles. The predicted molar refractivity (Wildman–Crippen MR) is 82.1 cm³/mol. The average molecular weight is 363 g/mol. The van der Waals surface area contributed by atoms with Gasteiger partial charge in [-0.25, -0.2) is 8.42 Å². The molecule has 0 radical (unpaired) electrons. The van der Waals surface area contributed by atoms with Crippen LogP contribution in [0, 0.1) is 6.92 Å². The maximum Gasteiger partial charge on any atom is 0.243 e. The number of nitrogens with two attached hydrogens (primary N) is 1. The average Bonchev–Trinajstić information content (AvgIpc) is 2.36. The summed E-state index contributed by atoms with van der Waals surface area (Å²) >= 11 is 3.30. The number of rotatable bonds is 2. The van der Waals surface area contributed by atoms with Crippen molar-refractivity contribution in [2.45, 2.75) is 37.8 Å². The number of morpholine rings is 1. The van der Waals surface area contributed by atoms with Crippen LogP contribution in [0.3, 0.4) is 0 Å². The number of ether oxygens (including phenoxy) is 1. The Labute approximate surface area is 128 Å². The summed E-state index contributed by atoms with van der Waals surface area (Å²) < 4.78 is 33.4. The van der Waals surface area contributed by atoms with E-state index < -0.39 is 10.0 Å². The summed E-state index contributed by atoms with van der Waals surface area (Å²) in [6, 6.07) is 3.13. The molecule has 112 valence electrons. The molecule has 0 spiro atoms. The minimum atomic E-state index is -3.58. The lowest BCUT2D eigenvalue weighted by Gasteiger charge is -2.36.